The molecule has 0 fully saturated rings. The number of amides is 1. The van der Waals surface area contributed by atoms with Gasteiger partial charge in [-0.2, -0.15) is 0 Å². The number of benzene rings is 3. The number of nitrogens with zero attached hydrogens (tertiary/aromatic N) is 3. The normalized spacial score (nSPS) is 10.7. The number of hydrogen-bond donors (Lipinski definition) is 1. The van der Waals surface area contributed by atoms with E-state index in [1.807, 2.05) is 96.4 Å². The number of thioether (sulfide) groups is 1. The summed E-state index contributed by atoms with van der Waals surface area (Å²) in [6.07, 6.45) is 0. The smallest absolute Gasteiger partial charge is 0.234 e. The first-order valence-corrected chi connectivity index (χ1v) is 11.4. The van der Waals surface area contributed by atoms with E-state index in [9.17, 15) is 4.79 Å². The van der Waals surface area contributed by atoms with E-state index < -0.39 is 0 Å². The van der Waals surface area contributed by atoms with Gasteiger partial charge in [-0.1, -0.05) is 72.4 Å². The summed E-state index contributed by atoms with van der Waals surface area (Å²) in [4.78, 5) is 12.4. The third kappa shape index (κ3) is 5.56. The molecule has 1 aromatic heterocycles. The van der Waals surface area contributed by atoms with E-state index in [1.165, 1.54) is 11.8 Å². The maximum Gasteiger partial charge on any atom is 0.234 e. The Morgan fingerprint density at radius 2 is 1.62 bits per heavy atom. The van der Waals surface area contributed by atoms with Gasteiger partial charge in [-0.3, -0.25) is 4.79 Å². The van der Waals surface area contributed by atoms with Crippen LogP contribution < -0.4 is 10.1 Å². The van der Waals surface area contributed by atoms with Gasteiger partial charge in [-0.05, 0) is 36.8 Å². The summed E-state index contributed by atoms with van der Waals surface area (Å²) < 4.78 is 7.81. The van der Waals surface area contributed by atoms with Crippen LogP contribution in [0.2, 0.25) is 0 Å². The molecule has 3 aromatic carbocycles. The van der Waals surface area contributed by atoms with Crippen molar-refractivity contribution in [3.8, 4) is 17.1 Å². The highest BCUT2D eigenvalue weighted by Gasteiger charge is 2.14. The van der Waals surface area contributed by atoms with Crippen molar-refractivity contribution in [1.29, 1.82) is 0 Å². The van der Waals surface area contributed by atoms with Crippen LogP contribution in [0.4, 0.5) is 5.69 Å². The number of aromatic nitrogens is 3. The predicted octanol–water partition coefficient (Wildman–Crippen LogP) is 5.27. The zero-order valence-corrected chi connectivity index (χ0v) is 18.6. The molecular formula is C25H24N4O2S. The number of anilines is 1. The highest BCUT2D eigenvalue weighted by atomic mass is 32.2. The maximum absolute atomic E-state index is 12.4. The highest BCUT2D eigenvalue weighted by molar-refractivity contribution is 7.99. The molecule has 32 heavy (non-hydrogen) atoms. The first-order chi connectivity index (χ1) is 15.7. The Kier molecular flexibility index (Phi) is 7.19. The Morgan fingerprint density at radius 3 is 2.31 bits per heavy atom. The number of rotatable bonds is 9. The minimum Gasteiger partial charge on any atom is -0.489 e. The minimum atomic E-state index is -0.0973. The van der Waals surface area contributed by atoms with Crippen molar-refractivity contribution in [2.75, 3.05) is 11.1 Å². The van der Waals surface area contributed by atoms with Gasteiger partial charge in [0, 0.05) is 17.8 Å². The second kappa shape index (κ2) is 10.6. The van der Waals surface area contributed by atoms with Crippen LogP contribution in [0.3, 0.4) is 0 Å². The van der Waals surface area contributed by atoms with E-state index in [2.05, 4.69) is 15.5 Å². The molecule has 0 aliphatic rings. The van der Waals surface area contributed by atoms with Gasteiger partial charge in [0.05, 0.1) is 5.75 Å². The fourth-order valence-corrected chi connectivity index (χ4v) is 3.99. The Labute approximate surface area is 191 Å². The van der Waals surface area contributed by atoms with Gasteiger partial charge in [-0.15, -0.1) is 10.2 Å². The molecule has 0 saturated carbocycles. The van der Waals surface area contributed by atoms with E-state index in [0.29, 0.717) is 6.61 Å². The van der Waals surface area contributed by atoms with Crippen molar-refractivity contribution in [1.82, 2.24) is 14.8 Å². The highest BCUT2D eigenvalue weighted by Crippen LogP contribution is 2.24. The van der Waals surface area contributed by atoms with Crippen LogP contribution in [-0.2, 0) is 17.9 Å². The van der Waals surface area contributed by atoms with Crippen molar-refractivity contribution >= 4 is 23.4 Å². The first kappa shape index (κ1) is 21.6. The molecule has 0 atom stereocenters. The fourth-order valence-electron chi connectivity index (χ4n) is 3.18. The van der Waals surface area contributed by atoms with E-state index >= 15 is 0 Å². The molecule has 1 heterocycles. The van der Waals surface area contributed by atoms with Crippen molar-refractivity contribution in [3.63, 3.8) is 0 Å². The molecule has 0 aliphatic heterocycles. The third-order valence-corrected chi connectivity index (χ3v) is 5.75. The van der Waals surface area contributed by atoms with Crippen molar-refractivity contribution in [2.24, 2.45) is 0 Å². The van der Waals surface area contributed by atoms with Gasteiger partial charge in [0.25, 0.3) is 0 Å². The number of carbonyl (C=O) groups excluding carboxylic acids is 1. The molecule has 7 heteroatoms. The van der Waals surface area contributed by atoms with E-state index in [0.717, 1.165) is 40.1 Å². The zero-order valence-electron chi connectivity index (χ0n) is 17.8. The van der Waals surface area contributed by atoms with Crippen LogP contribution in [0.15, 0.2) is 90.1 Å². The minimum absolute atomic E-state index is 0.0973. The summed E-state index contributed by atoms with van der Waals surface area (Å²) in [5, 5.41) is 12.2. The Hall–Kier alpha value is -3.58. The Morgan fingerprint density at radius 1 is 0.938 bits per heavy atom. The summed E-state index contributed by atoms with van der Waals surface area (Å²) in [5.41, 5.74) is 2.84. The average Bonchev–Trinajstić information content (AvgIpc) is 3.26. The van der Waals surface area contributed by atoms with Gasteiger partial charge in [0.1, 0.15) is 12.4 Å². The lowest BCUT2D eigenvalue weighted by Gasteiger charge is -2.09. The average molecular weight is 445 g/mol. The largest absolute Gasteiger partial charge is 0.489 e. The van der Waals surface area contributed by atoms with Crippen molar-refractivity contribution in [3.05, 3.63) is 90.5 Å². The molecule has 0 saturated heterocycles. The zero-order chi connectivity index (χ0) is 22.2. The van der Waals surface area contributed by atoms with Gasteiger partial charge < -0.3 is 14.6 Å². The molecule has 0 radical (unpaired) electrons. The SMILES string of the molecule is CCn1c(SCC(=O)Nc2ccc(OCc3ccccc3)cc2)nnc1-c1ccccc1. The van der Waals surface area contributed by atoms with E-state index in [1.54, 1.807) is 0 Å². The number of hydrogen-bond acceptors (Lipinski definition) is 5. The maximum atomic E-state index is 12.4. The van der Waals surface area contributed by atoms with Crippen LogP contribution in [-0.4, -0.2) is 26.4 Å². The molecule has 0 aliphatic carbocycles. The summed E-state index contributed by atoms with van der Waals surface area (Å²) >= 11 is 1.38. The fraction of sp³-hybridized carbons (Fsp3) is 0.160. The summed E-state index contributed by atoms with van der Waals surface area (Å²) in [5.74, 6) is 1.71. The van der Waals surface area contributed by atoms with Crippen molar-refractivity contribution < 1.29 is 9.53 Å². The standard InChI is InChI=1S/C25H24N4O2S/c1-2-29-24(20-11-7-4-8-12-20)27-28-25(29)32-18-23(30)26-21-13-15-22(16-14-21)31-17-19-9-5-3-6-10-19/h3-16H,2,17-18H2,1H3,(H,26,30). The molecule has 6 nitrogen and oxygen atoms in total. The lowest BCUT2D eigenvalue weighted by molar-refractivity contribution is -0.113. The van der Waals surface area contributed by atoms with Crippen LogP contribution in [0, 0.1) is 0 Å². The van der Waals surface area contributed by atoms with E-state index in [4.69, 9.17) is 4.74 Å². The Balaban J connectivity index is 1.30. The molecule has 4 rings (SSSR count). The predicted molar refractivity (Wildman–Crippen MR) is 128 cm³/mol. The molecular weight excluding hydrogens is 420 g/mol. The summed E-state index contributed by atoms with van der Waals surface area (Å²) in [7, 11) is 0. The second-order valence-corrected chi connectivity index (χ2v) is 7.99. The third-order valence-electron chi connectivity index (χ3n) is 4.78. The topological polar surface area (TPSA) is 69.0 Å². The molecule has 4 aromatic rings. The molecule has 0 bridgehead atoms. The quantitative estimate of drug-likeness (QED) is 0.356. The molecule has 1 N–H and O–H groups in total. The molecule has 0 spiro atoms. The van der Waals surface area contributed by atoms with Crippen LogP contribution >= 0.6 is 11.8 Å². The van der Waals surface area contributed by atoms with Gasteiger partial charge >= 0.3 is 0 Å². The summed E-state index contributed by atoms with van der Waals surface area (Å²) in [6, 6.07) is 27.3. The molecule has 162 valence electrons. The summed E-state index contributed by atoms with van der Waals surface area (Å²) in [6.45, 7) is 3.28. The lowest BCUT2D eigenvalue weighted by Crippen LogP contribution is -2.14. The van der Waals surface area contributed by atoms with Gasteiger partial charge in [-0.25, -0.2) is 0 Å². The van der Waals surface area contributed by atoms with Crippen LogP contribution in [0.1, 0.15) is 12.5 Å². The van der Waals surface area contributed by atoms with Crippen LogP contribution in [0.5, 0.6) is 5.75 Å². The van der Waals surface area contributed by atoms with Crippen LogP contribution in [0.25, 0.3) is 11.4 Å². The van der Waals surface area contributed by atoms with E-state index in [-0.39, 0.29) is 11.7 Å². The van der Waals surface area contributed by atoms with Crippen molar-refractivity contribution in [2.45, 2.75) is 25.2 Å². The molecule has 0 unspecified atom stereocenters. The molecule has 1 amide bonds. The van der Waals surface area contributed by atoms with Gasteiger partial charge in [0.2, 0.25) is 5.91 Å². The number of ether oxygens (including phenoxy) is 1. The number of carbonyl (C=O) groups is 1. The lowest BCUT2D eigenvalue weighted by atomic mass is 10.2. The Bertz CT molecular complexity index is 1150. The van der Waals surface area contributed by atoms with Gasteiger partial charge in [0.15, 0.2) is 11.0 Å². The second-order valence-electron chi connectivity index (χ2n) is 7.05. The number of nitrogens with one attached hydrogen (secondary N) is 1. The first-order valence-electron chi connectivity index (χ1n) is 10.4. The monoisotopic (exact) mass is 444 g/mol.